The summed E-state index contributed by atoms with van der Waals surface area (Å²) in [5, 5.41) is 3.83. The molecule has 158 valence electrons. The lowest BCUT2D eigenvalue weighted by Crippen LogP contribution is -2.33. The number of carbonyl (C=O) groups excluding carboxylic acids is 1. The second-order valence-electron chi connectivity index (χ2n) is 7.96. The molecule has 2 N–H and O–H groups in total. The second-order valence-corrected chi connectivity index (χ2v) is 10.1. The van der Waals surface area contributed by atoms with Crippen LogP contribution in [0, 0.1) is 0 Å². The summed E-state index contributed by atoms with van der Waals surface area (Å²) in [6, 6.07) is 0. The van der Waals surface area contributed by atoms with Crippen LogP contribution in [0.25, 0.3) is 10.2 Å². The number of carbonyl (C=O) groups is 1. The van der Waals surface area contributed by atoms with E-state index in [9.17, 15) is 9.59 Å². The van der Waals surface area contributed by atoms with Crippen molar-refractivity contribution in [3.8, 4) is 0 Å². The SMILES string of the molecule is O=C(CCSCc1nc2sc3c(c2c(=O)[nH]1)CCC3)NCCCN1CCCCC1. The van der Waals surface area contributed by atoms with Crippen molar-refractivity contribution < 1.29 is 4.79 Å². The fraction of sp³-hybridized carbons (Fsp3) is 0.667. The molecule has 0 bridgehead atoms. The molecular weight excluding hydrogens is 404 g/mol. The molecule has 29 heavy (non-hydrogen) atoms. The third kappa shape index (κ3) is 5.41. The van der Waals surface area contributed by atoms with Crippen molar-refractivity contribution in [1.82, 2.24) is 20.2 Å². The van der Waals surface area contributed by atoms with Gasteiger partial charge in [-0.3, -0.25) is 9.59 Å². The first-order valence-corrected chi connectivity index (χ1v) is 12.8. The molecule has 4 rings (SSSR count). The highest BCUT2D eigenvalue weighted by molar-refractivity contribution is 7.98. The molecule has 0 unspecified atom stereocenters. The van der Waals surface area contributed by atoms with Gasteiger partial charge in [-0.25, -0.2) is 4.98 Å². The van der Waals surface area contributed by atoms with Crippen LogP contribution in [-0.2, 0) is 23.4 Å². The van der Waals surface area contributed by atoms with Gasteiger partial charge in [0.15, 0.2) is 0 Å². The summed E-state index contributed by atoms with van der Waals surface area (Å²) < 4.78 is 0. The number of nitrogens with zero attached hydrogens (tertiary/aromatic N) is 2. The minimum atomic E-state index is -0.00329. The summed E-state index contributed by atoms with van der Waals surface area (Å²) in [5.41, 5.74) is 1.21. The Balaban J connectivity index is 1.15. The fourth-order valence-corrected chi connectivity index (χ4v) is 6.34. The van der Waals surface area contributed by atoms with E-state index >= 15 is 0 Å². The van der Waals surface area contributed by atoms with Crippen molar-refractivity contribution in [2.45, 2.75) is 57.1 Å². The molecule has 1 amide bonds. The highest BCUT2D eigenvalue weighted by Crippen LogP contribution is 2.34. The van der Waals surface area contributed by atoms with Crippen LogP contribution in [0.2, 0.25) is 0 Å². The van der Waals surface area contributed by atoms with Crippen molar-refractivity contribution in [3.05, 3.63) is 26.6 Å². The van der Waals surface area contributed by atoms with Crippen molar-refractivity contribution >= 4 is 39.2 Å². The maximum Gasteiger partial charge on any atom is 0.259 e. The van der Waals surface area contributed by atoms with Crippen LogP contribution in [0.1, 0.15) is 54.8 Å². The first-order valence-electron chi connectivity index (χ1n) is 10.8. The molecule has 0 radical (unpaired) electrons. The zero-order valence-electron chi connectivity index (χ0n) is 16.9. The minimum absolute atomic E-state index is 0.00329. The van der Waals surface area contributed by atoms with Crippen LogP contribution >= 0.6 is 23.1 Å². The van der Waals surface area contributed by atoms with E-state index in [-0.39, 0.29) is 11.5 Å². The van der Waals surface area contributed by atoms with Gasteiger partial charge in [-0.15, -0.1) is 11.3 Å². The smallest absolute Gasteiger partial charge is 0.259 e. The molecule has 2 aromatic rings. The molecule has 2 aromatic heterocycles. The molecular formula is C21H30N4O2S2. The number of likely N-dealkylation sites (tertiary alicyclic amines) is 1. The van der Waals surface area contributed by atoms with Gasteiger partial charge < -0.3 is 15.2 Å². The second kappa shape index (κ2) is 10.1. The van der Waals surface area contributed by atoms with Gasteiger partial charge in [-0.1, -0.05) is 6.42 Å². The van der Waals surface area contributed by atoms with Crippen LogP contribution in [-0.4, -0.2) is 52.7 Å². The van der Waals surface area contributed by atoms with Gasteiger partial charge >= 0.3 is 0 Å². The van der Waals surface area contributed by atoms with Crippen molar-refractivity contribution in [3.63, 3.8) is 0 Å². The van der Waals surface area contributed by atoms with E-state index in [0.717, 1.165) is 60.6 Å². The van der Waals surface area contributed by atoms with Crippen molar-refractivity contribution in [2.75, 3.05) is 31.9 Å². The third-order valence-corrected chi connectivity index (χ3v) is 7.91. The van der Waals surface area contributed by atoms with Gasteiger partial charge in [-0.2, -0.15) is 11.8 Å². The Labute approximate surface area is 179 Å². The standard InChI is InChI=1S/C21H30N4O2S2/c26-18(22-9-5-12-25-10-2-1-3-11-25)8-13-28-14-17-23-20(27)19-15-6-4-7-16(15)29-21(19)24-17/h1-14H2,(H,22,26)(H,23,24,27). The Morgan fingerprint density at radius 3 is 2.93 bits per heavy atom. The number of hydrogen-bond donors (Lipinski definition) is 2. The van der Waals surface area contributed by atoms with Gasteiger partial charge in [0.25, 0.3) is 5.56 Å². The Morgan fingerprint density at radius 1 is 1.21 bits per heavy atom. The van der Waals surface area contributed by atoms with Crippen LogP contribution in [0.3, 0.4) is 0 Å². The summed E-state index contributed by atoms with van der Waals surface area (Å²) in [7, 11) is 0. The normalized spacial score (nSPS) is 17.0. The number of H-pyrrole nitrogens is 1. The highest BCUT2D eigenvalue weighted by Gasteiger charge is 2.21. The Kier molecular flexibility index (Phi) is 7.26. The van der Waals surface area contributed by atoms with Crippen molar-refractivity contribution in [1.29, 1.82) is 0 Å². The highest BCUT2D eigenvalue weighted by atomic mass is 32.2. The number of thiophene rings is 1. The van der Waals surface area contributed by atoms with Gasteiger partial charge in [0, 0.05) is 23.6 Å². The Hall–Kier alpha value is -1.38. The number of rotatable bonds is 9. The zero-order valence-corrected chi connectivity index (χ0v) is 18.6. The van der Waals surface area contributed by atoms with Gasteiger partial charge in [0.05, 0.1) is 11.1 Å². The number of hydrogen-bond acceptors (Lipinski definition) is 6. The van der Waals surface area contributed by atoms with Gasteiger partial charge in [-0.05, 0) is 63.7 Å². The third-order valence-electron chi connectivity index (χ3n) is 5.76. The lowest BCUT2D eigenvalue weighted by atomic mass is 10.1. The lowest BCUT2D eigenvalue weighted by molar-refractivity contribution is -0.120. The molecule has 0 spiro atoms. The minimum Gasteiger partial charge on any atom is -0.356 e. The molecule has 0 aromatic carbocycles. The monoisotopic (exact) mass is 434 g/mol. The van der Waals surface area contributed by atoms with E-state index in [1.807, 2.05) is 0 Å². The summed E-state index contributed by atoms with van der Waals surface area (Å²) in [5.74, 6) is 2.20. The Morgan fingerprint density at radius 2 is 2.07 bits per heavy atom. The van der Waals surface area contributed by atoms with E-state index in [0.29, 0.717) is 12.2 Å². The zero-order chi connectivity index (χ0) is 20.1. The lowest BCUT2D eigenvalue weighted by Gasteiger charge is -2.26. The van der Waals surface area contributed by atoms with Crippen LogP contribution in [0.5, 0.6) is 0 Å². The quantitative estimate of drug-likeness (QED) is 0.593. The largest absolute Gasteiger partial charge is 0.356 e. The number of aryl methyl sites for hydroxylation is 2. The maximum absolute atomic E-state index is 12.5. The molecule has 1 aliphatic carbocycles. The average molecular weight is 435 g/mol. The number of piperidine rings is 1. The first kappa shape index (κ1) is 20.9. The van der Waals surface area contributed by atoms with E-state index in [4.69, 9.17) is 0 Å². The van der Waals surface area contributed by atoms with E-state index in [1.165, 1.54) is 42.8 Å². The van der Waals surface area contributed by atoms with Gasteiger partial charge in [0.1, 0.15) is 10.7 Å². The first-order chi connectivity index (χ1) is 14.2. The van der Waals surface area contributed by atoms with Gasteiger partial charge in [0.2, 0.25) is 5.91 Å². The summed E-state index contributed by atoms with van der Waals surface area (Å²) >= 11 is 3.32. The van der Waals surface area contributed by atoms with E-state index in [2.05, 4.69) is 20.2 Å². The molecule has 1 aliphatic heterocycles. The predicted molar refractivity (Wildman–Crippen MR) is 121 cm³/mol. The number of fused-ring (bicyclic) bond motifs is 3. The molecule has 6 nitrogen and oxygen atoms in total. The fourth-order valence-electron chi connectivity index (χ4n) is 4.25. The van der Waals surface area contributed by atoms with Crippen LogP contribution in [0.15, 0.2) is 4.79 Å². The topological polar surface area (TPSA) is 78.1 Å². The number of aromatic amines is 1. The molecule has 8 heteroatoms. The molecule has 1 fully saturated rings. The number of nitrogens with one attached hydrogen (secondary N) is 2. The molecule has 0 saturated carbocycles. The molecule has 3 heterocycles. The molecule has 2 aliphatic rings. The van der Waals surface area contributed by atoms with Crippen LogP contribution < -0.4 is 10.9 Å². The molecule has 1 saturated heterocycles. The summed E-state index contributed by atoms with van der Waals surface area (Å²) in [6.45, 7) is 4.26. The predicted octanol–water partition coefficient (Wildman–Crippen LogP) is 3.09. The summed E-state index contributed by atoms with van der Waals surface area (Å²) in [4.78, 5) is 36.8. The molecule has 0 atom stereocenters. The van der Waals surface area contributed by atoms with Crippen molar-refractivity contribution in [2.24, 2.45) is 0 Å². The van der Waals surface area contributed by atoms with E-state index in [1.54, 1.807) is 23.1 Å². The van der Waals surface area contributed by atoms with E-state index < -0.39 is 0 Å². The number of thioether (sulfide) groups is 1. The number of amides is 1. The maximum atomic E-state index is 12.5. The van der Waals surface area contributed by atoms with Crippen LogP contribution in [0.4, 0.5) is 0 Å². The Bertz CT molecular complexity index is 902. The summed E-state index contributed by atoms with van der Waals surface area (Å²) in [6.07, 6.45) is 8.74. The average Bonchev–Trinajstić information content (AvgIpc) is 3.30. The number of aromatic nitrogens is 2.